The summed E-state index contributed by atoms with van der Waals surface area (Å²) in [6, 6.07) is 10.6. The molecule has 0 radical (unpaired) electrons. The molecule has 104 valence electrons. The summed E-state index contributed by atoms with van der Waals surface area (Å²) < 4.78 is 0. The SMILES string of the molecule is CCN(C(=O)CSc1ccccc1)C1CCNCC1. The summed E-state index contributed by atoms with van der Waals surface area (Å²) in [6.07, 6.45) is 2.16. The Morgan fingerprint density at radius 2 is 2.00 bits per heavy atom. The molecular weight excluding hydrogens is 256 g/mol. The van der Waals surface area contributed by atoms with Gasteiger partial charge in [-0.15, -0.1) is 11.8 Å². The van der Waals surface area contributed by atoms with Gasteiger partial charge in [0.2, 0.25) is 5.91 Å². The lowest BCUT2D eigenvalue weighted by atomic mass is 10.0. The zero-order chi connectivity index (χ0) is 13.5. The summed E-state index contributed by atoms with van der Waals surface area (Å²) in [5.41, 5.74) is 0. The topological polar surface area (TPSA) is 32.3 Å². The van der Waals surface area contributed by atoms with Crippen molar-refractivity contribution in [3.63, 3.8) is 0 Å². The van der Waals surface area contributed by atoms with Crippen molar-refractivity contribution in [3.8, 4) is 0 Å². The normalized spacial score (nSPS) is 16.3. The number of rotatable bonds is 5. The Balaban J connectivity index is 1.86. The molecule has 0 saturated carbocycles. The standard InChI is InChI=1S/C15H22N2OS/c1-2-17(13-8-10-16-11-9-13)15(18)12-19-14-6-4-3-5-7-14/h3-7,13,16H,2,8-12H2,1H3. The Kier molecular flexibility index (Phi) is 5.73. The minimum absolute atomic E-state index is 0.267. The number of nitrogens with zero attached hydrogens (tertiary/aromatic N) is 1. The number of thioether (sulfide) groups is 1. The number of carbonyl (C=O) groups excluding carboxylic acids is 1. The van der Waals surface area contributed by atoms with Crippen molar-refractivity contribution in [2.24, 2.45) is 0 Å². The van der Waals surface area contributed by atoms with Gasteiger partial charge in [0.1, 0.15) is 0 Å². The molecule has 0 bridgehead atoms. The molecule has 4 heteroatoms. The number of carbonyl (C=O) groups is 1. The van der Waals surface area contributed by atoms with E-state index in [1.165, 1.54) is 0 Å². The van der Waals surface area contributed by atoms with Crippen LogP contribution in [0.3, 0.4) is 0 Å². The molecule has 1 aromatic carbocycles. The highest BCUT2D eigenvalue weighted by molar-refractivity contribution is 8.00. The Morgan fingerprint density at radius 3 is 2.63 bits per heavy atom. The van der Waals surface area contributed by atoms with Crippen molar-refractivity contribution >= 4 is 17.7 Å². The van der Waals surface area contributed by atoms with Gasteiger partial charge in [-0.2, -0.15) is 0 Å². The first-order valence-electron chi connectivity index (χ1n) is 6.99. The van der Waals surface area contributed by atoms with Crippen molar-refractivity contribution in [3.05, 3.63) is 30.3 Å². The van der Waals surface area contributed by atoms with Crippen LogP contribution < -0.4 is 5.32 Å². The second-order valence-electron chi connectivity index (χ2n) is 4.76. The van der Waals surface area contributed by atoms with Crippen molar-refractivity contribution in [2.45, 2.75) is 30.7 Å². The Hall–Kier alpha value is -1.00. The first-order valence-corrected chi connectivity index (χ1v) is 7.98. The molecule has 2 rings (SSSR count). The van der Waals surface area contributed by atoms with Gasteiger partial charge in [-0.1, -0.05) is 18.2 Å². The molecule has 0 aliphatic carbocycles. The molecule has 3 nitrogen and oxygen atoms in total. The van der Waals surface area contributed by atoms with Crippen molar-refractivity contribution < 1.29 is 4.79 Å². The quantitative estimate of drug-likeness (QED) is 0.839. The summed E-state index contributed by atoms with van der Waals surface area (Å²) >= 11 is 1.63. The van der Waals surface area contributed by atoms with Gasteiger partial charge in [-0.3, -0.25) is 4.79 Å². The van der Waals surface area contributed by atoms with Gasteiger partial charge < -0.3 is 10.2 Å². The monoisotopic (exact) mass is 278 g/mol. The molecule has 0 aromatic heterocycles. The van der Waals surface area contributed by atoms with Crippen LogP contribution in [0.2, 0.25) is 0 Å². The van der Waals surface area contributed by atoms with Crippen LogP contribution in [-0.2, 0) is 4.79 Å². The summed E-state index contributed by atoms with van der Waals surface area (Å²) in [7, 11) is 0. The molecule has 19 heavy (non-hydrogen) atoms. The van der Waals surface area contributed by atoms with Crippen LogP contribution in [0, 0.1) is 0 Å². The zero-order valence-corrected chi connectivity index (χ0v) is 12.3. The predicted octanol–water partition coefficient (Wildman–Crippen LogP) is 2.38. The lowest BCUT2D eigenvalue weighted by Gasteiger charge is -2.34. The van der Waals surface area contributed by atoms with E-state index in [4.69, 9.17) is 0 Å². The number of amides is 1. The van der Waals surface area contributed by atoms with E-state index >= 15 is 0 Å². The van der Waals surface area contributed by atoms with Crippen LogP contribution >= 0.6 is 11.8 Å². The van der Waals surface area contributed by atoms with Gasteiger partial charge in [0.15, 0.2) is 0 Å². The maximum atomic E-state index is 12.3. The number of piperidine rings is 1. The van der Waals surface area contributed by atoms with E-state index in [1.807, 2.05) is 18.2 Å². The fraction of sp³-hybridized carbons (Fsp3) is 0.533. The molecule has 1 aliphatic heterocycles. The van der Waals surface area contributed by atoms with Crippen LogP contribution in [0.5, 0.6) is 0 Å². The third kappa shape index (κ3) is 4.25. The molecular formula is C15H22N2OS. The van der Waals surface area contributed by atoms with Gasteiger partial charge in [0.05, 0.1) is 5.75 Å². The number of nitrogens with one attached hydrogen (secondary N) is 1. The molecule has 1 heterocycles. The molecule has 0 atom stereocenters. The third-order valence-electron chi connectivity index (χ3n) is 3.52. The van der Waals surface area contributed by atoms with Crippen LogP contribution in [0.1, 0.15) is 19.8 Å². The molecule has 1 aliphatic rings. The average Bonchev–Trinajstić information content (AvgIpc) is 2.48. The lowest BCUT2D eigenvalue weighted by molar-refractivity contribution is -0.130. The van der Waals surface area contributed by atoms with E-state index < -0.39 is 0 Å². The Morgan fingerprint density at radius 1 is 1.32 bits per heavy atom. The maximum absolute atomic E-state index is 12.3. The van der Waals surface area contributed by atoms with E-state index in [2.05, 4.69) is 29.3 Å². The number of benzene rings is 1. The first-order chi connectivity index (χ1) is 9.31. The van der Waals surface area contributed by atoms with Crippen LogP contribution in [-0.4, -0.2) is 42.2 Å². The molecule has 1 amide bonds. The summed E-state index contributed by atoms with van der Waals surface area (Å²) in [6.45, 7) is 4.95. The largest absolute Gasteiger partial charge is 0.339 e. The molecule has 1 aromatic rings. The van der Waals surface area contributed by atoms with E-state index in [-0.39, 0.29) is 5.91 Å². The van der Waals surface area contributed by atoms with Gasteiger partial charge in [0, 0.05) is 17.5 Å². The highest BCUT2D eigenvalue weighted by Crippen LogP contribution is 2.19. The predicted molar refractivity (Wildman–Crippen MR) is 80.4 cm³/mol. The minimum atomic E-state index is 0.267. The van der Waals surface area contributed by atoms with Crippen LogP contribution in [0.15, 0.2) is 35.2 Å². The zero-order valence-electron chi connectivity index (χ0n) is 11.5. The van der Waals surface area contributed by atoms with E-state index in [9.17, 15) is 4.79 Å². The smallest absolute Gasteiger partial charge is 0.233 e. The highest BCUT2D eigenvalue weighted by atomic mass is 32.2. The van der Waals surface area contributed by atoms with Gasteiger partial charge in [-0.25, -0.2) is 0 Å². The lowest BCUT2D eigenvalue weighted by Crippen LogP contribution is -2.46. The second kappa shape index (κ2) is 7.56. The van der Waals surface area contributed by atoms with Crippen molar-refractivity contribution in [1.29, 1.82) is 0 Å². The Labute approximate surface area is 119 Å². The molecule has 1 fully saturated rings. The van der Waals surface area contributed by atoms with E-state index in [0.29, 0.717) is 11.8 Å². The van der Waals surface area contributed by atoms with Crippen LogP contribution in [0.4, 0.5) is 0 Å². The maximum Gasteiger partial charge on any atom is 0.233 e. The second-order valence-corrected chi connectivity index (χ2v) is 5.81. The third-order valence-corrected chi connectivity index (χ3v) is 4.51. The molecule has 1 saturated heterocycles. The number of hydrogen-bond donors (Lipinski definition) is 1. The van der Waals surface area contributed by atoms with Gasteiger partial charge >= 0.3 is 0 Å². The Bertz CT molecular complexity index is 390. The van der Waals surface area contributed by atoms with Crippen molar-refractivity contribution in [1.82, 2.24) is 10.2 Å². The fourth-order valence-electron chi connectivity index (χ4n) is 2.50. The first kappa shape index (κ1) is 14.4. The average molecular weight is 278 g/mol. The minimum Gasteiger partial charge on any atom is -0.339 e. The molecule has 0 unspecified atom stereocenters. The molecule has 1 N–H and O–H groups in total. The number of hydrogen-bond acceptors (Lipinski definition) is 3. The highest BCUT2D eigenvalue weighted by Gasteiger charge is 2.23. The van der Waals surface area contributed by atoms with E-state index in [1.54, 1.807) is 11.8 Å². The van der Waals surface area contributed by atoms with Crippen molar-refractivity contribution in [2.75, 3.05) is 25.4 Å². The molecule has 0 spiro atoms. The van der Waals surface area contributed by atoms with E-state index in [0.717, 1.165) is 37.4 Å². The summed E-state index contributed by atoms with van der Waals surface area (Å²) in [5, 5.41) is 3.35. The summed E-state index contributed by atoms with van der Waals surface area (Å²) in [5.74, 6) is 0.810. The van der Waals surface area contributed by atoms with Crippen LogP contribution in [0.25, 0.3) is 0 Å². The van der Waals surface area contributed by atoms with Gasteiger partial charge in [-0.05, 0) is 45.0 Å². The summed E-state index contributed by atoms with van der Waals surface area (Å²) in [4.78, 5) is 15.5. The fourth-order valence-corrected chi connectivity index (χ4v) is 3.31. The van der Waals surface area contributed by atoms with Gasteiger partial charge in [0.25, 0.3) is 0 Å².